The molecule has 0 aliphatic carbocycles. The molecule has 100 valence electrons. The molecule has 0 amide bonds. The van der Waals surface area contributed by atoms with Crippen molar-refractivity contribution in [2.45, 2.75) is 6.54 Å². The highest BCUT2D eigenvalue weighted by atomic mass is 35.5. The van der Waals surface area contributed by atoms with Gasteiger partial charge in [-0.25, -0.2) is 4.39 Å². The summed E-state index contributed by atoms with van der Waals surface area (Å²) in [5.41, 5.74) is 2.45. The molecular formula is C16H12ClFN2. The molecule has 0 aliphatic heterocycles. The molecule has 0 unspecified atom stereocenters. The van der Waals surface area contributed by atoms with Crippen LogP contribution in [0.1, 0.15) is 5.56 Å². The first-order valence-corrected chi connectivity index (χ1v) is 6.63. The normalized spacial score (nSPS) is 10.7. The third-order valence-corrected chi connectivity index (χ3v) is 3.37. The molecule has 0 fully saturated rings. The summed E-state index contributed by atoms with van der Waals surface area (Å²) in [5.74, 6) is -0.351. The summed E-state index contributed by atoms with van der Waals surface area (Å²) in [7, 11) is 0. The van der Waals surface area contributed by atoms with Gasteiger partial charge in [0, 0.05) is 23.2 Å². The fraction of sp³-hybridized carbons (Fsp3) is 0.0625. The molecule has 2 nitrogen and oxygen atoms in total. The highest BCUT2D eigenvalue weighted by molar-refractivity contribution is 6.30. The van der Waals surface area contributed by atoms with Gasteiger partial charge < -0.3 is 5.32 Å². The Labute approximate surface area is 121 Å². The van der Waals surface area contributed by atoms with Crippen molar-refractivity contribution in [3.8, 4) is 0 Å². The Kier molecular flexibility index (Phi) is 3.52. The predicted octanol–water partition coefficient (Wildman–Crippen LogP) is 4.64. The number of anilines is 1. The number of hydrogen-bond donors (Lipinski definition) is 1. The molecule has 1 aromatic heterocycles. The first kappa shape index (κ1) is 12.9. The molecule has 0 spiro atoms. The molecule has 0 aliphatic rings. The SMILES string of the molecule is Fc1cc(Cl)ccc1NCc1ccnc2ccccc12. The number of pyridine rings is 1. The number of halogens is 2. The Bertz CT molecular complexity index is 753. The van der Waals surface area contributed by atoms with Gasteiger partial charge in [0.05, 0.1) is 11.2 Å². The van der Waals surface area contributed by atoms with Crippen molar-refractivity contribution >= 4 is 28.2 Å². The minimum Gasteiger partial charge on any atom is -0.379 e. The lowest BCUT2D eigenvalue weighted by atomic mass is 10.1. The van der Waals surface area contributed by atoms with E-state index < -0.39 is 0 Å². The van der Waals surface area contributed by atoms with E-state index in [1.54, 1.807) is 18.3 Å². The average molecular weight is 287 g/mol. The van der Waals surface area contributed by atoms with Gasteiger partial charge in [-0.15, -0.1) is 0 Å². The van der Waals surface area contributed by atoms with Gasteiger partial charge in [-0.3, -0.25) is 4.98 Å². The Morgan fingerprint density at radius 2 is 1.95 bits per heavy atom. The van der Waals surface area contributed by atoms with Gasteiger partial charge >= 0.3 is 0 Å². The molecular weight excluding hydrogens is 275 g/mol. The van der Waals surface area contributed by atoms with Crippen molar-refractivity contribution in [3.63, 3.8) is 0 Å². The molecule has 0 saturated heterocycles. The summed E-state index contributed by atoms with van der Waals surface area (Å²) >= 11 is 5.74. The van der Waals surface area contributed by atoms with E-state index in [1.165, 1.54) is 6.07 Å². The van der Waals surface area contributed by atoms with Gasteiger partial charge in [-0.1, -0.05) is 29.8 Å². The summed E-state index contributed by atoms with van der Waals surface area (Å²) in [6.07, 6.45) is 1.76. The van der Waals surface area contributed by atoms with E-state index in [4.69, 9.17) is 11.6 Å². The summed E-state index contributed by atoms with van der Waals surface area (Å²) in [5, 5.41) is 4.54. The van der Waals surface area contributed by atoms with Crippen molar-refractivity contribution in [1.29, 1.82) is 0 Å². The summed E-state index contributed by atoms with van der Waals surface area (Å²) < 4.78 is 13.7. The van der Waals surface area contributed by atoms with Crippen molar-refractivity contribution in [2.24, 2.45) is 0 Å². The quantitative estimate of drug-likeness (QED) is 0.759. The minimum absolute atomic E-state index is 0.351. The smallest absolute Gasteiger partial charge is 0.147 e. The van der Waals surface area contributed by atoms with E-state index in [0.29, 0.717) is 17.3 Å². The Morgan fingerprint density at radius 3 is 2.80 bits per heavy atom. The zero-order valence-electron chi connectivity index (χ0n) is 10.6. The molecule has 0 radical (unpaired) electrons. The first-order valence-electron chi connectivity index (χ1n) is 6.25. The molecule has 4 heteroatoms. The van der Waals surface area contributed by atoms with E-state index in [2.05, 4.69) is 10.3 Å². The molecule has 1 heterocycles. The van der Waals surface area contributed by atoms with Crippen LogP contribution in [0.4, 0.5) is 10.1 Å². The Morgan fingerprint density at radius 1 is 1.10 bits per heavy atom. The van der Waals surface area contributed by atoms with Gasteiger partial charge in [-0.2, -0.15) is 0 Å². The largest absolute Gasteiger partial charge is 0.379 e. The van der Waals surface area contributed by atoms with Gasteiger partial charge in [0.2, 0.25) is 0 Å². The zero-order chi connectivity index (χ0) is 13.9. The van der Waals surface area contributed by atoms with Gasteiger partial charge in [0.1, 0.15) is 5.82 Å². The van der Waals surface area contributed by atoms with Crippen LogP contribution < -0.4 is 5.32 Å². The number of aromatic nitrogens is 1. The van der Waals surface area contributed by atoms with Crippen LogP contribution in [-0.4, -0.2) is 4.98 Å². The molecule has 2 aromatic carbocycles. The second-order valence-corrected chi connectivity index (χ2v) is 4.90. The fourth-order valence-electron chi connectivity index (χ4n) is 2.13. The number of fused-ring (bicyclic) bond motifs is 1. The summed E-state index contributed by atoms with van der Waals surface area (Å²) in [4.78, 5) is 4.31. The first-order chi connectivity index (χ1) is 9.74. The maximum absolute atomic E-state index is 13.7. The molecule has 3 rings (SSSR count). The van der Waals surface area contributed by atoms with Crippen LogP contribution in [0.3, 0.4) is 0 Å². The lowest BCUT2D eigenvalue weighted by Crippen LogP contribution is -2.02. The average Bonchev–Trinajstić information content (AvgIpc) is 2.46. The summed E-state index contributed by atoms with van der Waals surface area (Å²) in [6, 6.07) is 14.4. The van der Waals surface area contributed by atoms with E-state index in [1.807, 2.05) is 30.3 Å². The molecule has 0 bridgehead atoms. The predicted molar refractivity (Wildman–Crippen MR) is 80.5 cm³/mol. The molecule has 1 N–H and O–H groups in total. The summed E-state index contributed by atoms with van der Waals surface area (Å²) in [6.45, 7) is 0.529. The van der Waals surface area contributed by atoms with Crippen LogP contribution in [0.5, 0.6) is 0 Å². The number of nitrogens with zero attached hydrogens (tertiary/aromatic N) is 1. The standard InChI is InChI=1S/C16H12ClFN2/c17-12-5-6-16(14(18)9-12)20-10-11-7-8-19-15-4-2-1-3-13(11)15/h1-9,20H,10H2. The maximum atomic E-state index is 13.7. The van der Waals surface area contributed by atoms with Gasteiger partial charge in [0.15, 0.2) is 0 Å². The van der Waals surface area contributed by atoms with Gasteiger partial charge in [-0.05, 0) is 35.9 Å². The van der Waals surface area contributed by atoms with Crippen LogP contribution in [-0.2, 0) is 6.54 Å². The fourth-order valence-corrected chi connectivity index (χ4v) is 2.29. The maximum Gasteiger partial charge on any atom is 0.147 e. The van der Waals surface area contributed by atoms with E-state index >= 15 is 0 Å². The lowest BCUT2D eigenvalue weighted by Gasteiger charge is -2.10. The molecule has 0 saturated carbocycles. The molecule has 3 aromatic rings. The van der Waals surface area contributed by atoms with Crippen LogP contribution >= 0.6 is 11.6 Å². The van der Waals surface area contributed by atoms with Crippen molar-refractivity contribution in [3.05, 3.63) is 71.1 Å². The van der Waals surface area contributed by atoms with E-state index in [9.17, 15) is 4.39 Å². The Hall–Kier alpha value is -2.13. The van der Waals surface area contributed by atoms with Crippen molar-refractivity contribution in [1.82, 2.24) is 4.98 Å². The van der Waals surface area contributed by atoms with Crippen LogP contribution in [0.15, 0.2) is 54.7 Å². The van der Waals surface area contributed by atoms with E-state index in [0.717, 1.165) is 16.5 Å². The Balaban J connectivity index is 1.87. The topological polar surface area (TPSA) is 24.9 Å². The van der Waals surface area contributed by atoms with Crippen LogP contribution in [0.2, 0.25) is 5.02 Å². The lowest BCUT2D eigenvalue weighted by molar-refractivity contribution is 0.630. The van der Waals surface area contributed by atoms with Crippen molar-refractivity contribution < 1.29 is 4.39 Å². The number of nitrogens with one attached hydrogen (secondary N) is 1. The third kappa shape index (κ3) is 2.58. The zero-order valence-corrected chi connectivity index (χ0v) is 11.4. The second kappa shape index (κ2) is 5.47. The number of para-hydroxylation sites is 1. The molecule has 0 atom stereocenters. The minimum atomic E-state index is -0.351. The monoisotopic (exact) mass is 286 g/mol. The van der Waals surface area contributed by atoms with Crippen LogP contribution in [0, 0.1) is 5.82 Å². The second-order valence-electron chi connectivity index (χ2n) is 4.46. The highest BCUT2D eigenvalue weighted by Gasteiger charge is 2.04. The number of rotatable bonds is 3. The van der Waals surface area contributed by atoms with Crippen LogP contribution in [0.25, 0.3) is 10.9 Å². The van der Waals surface area contributed by atoms with Crippen molar-refractivity contribution in [2.75, 3.05) is 5.32 Å². The molecule has 20 heavy (non-hydrogen) atoms. The van der Waals surface area contributed by atoms with Gasteiger partial charge in [0.25, 0.3) is 0 Å². The highest BCUT2D eigenvalue weighted by Crippen LogP contribution is 2.21. The number of hydrogen-bond acceptors (Lipinski definition) is 2. The number of benzene rings is 2. The third-order valence-electron chi connectivity index (χ3n) is 3.14. The van der Waals surface area contributed by atoms with E-state index in [-0.39, 0.29) is 5.82 Å².